The molecule has 2 N–H and O–H groups in total. The second-order valence-electron chi connectivity index (χ2n) is 7.48. The molecule has 0 unspecified atom stereocenters. The molecule has 1 amide bonds. The Kier molecular flexibility index (Phi) is 4.59. The number of carbonyl (C=O) groups excluding carboxylic acids is 1. The Morgan fingerprint density at radius 3 is 2.77 bits per heavy atom. The summed E-state index contributed by atoms with van der Waals surface area (Å²) in [5.74, 6) is 1.54. The Balaban J connectivity index is 1.43. The quantitative estimate of drug-likeness (QED) is 0.885. The van der Waals surface area contributed by atoms with Crippen LogP contribution in [0.15, 0.2) is 42.9 Å². The number of aromatic nitrogens is 2. The van der Waals surface area contributed by atoms with Gasteiger partial charge in [-0.25, -0.2) is 4.98 Å². The number of nitrogens with one attached hydrogen (secondary N) is 1. The van der Waals surface area contributed by atoms with Crippen LogP contribution in [0, 0.1) is 18.8 Å². The van der Waals surface area contributed by atoms with Gasteiger partial charge in [-0.2, -0.15) is 0 Å². The molecule has 6 nitrogen and oxygen atoms in total. The molecule has 4 atom stereocenters. The van der Waals surface area contributed by atoms with Gasteiger partial charge in [0.15, 0.2) is 0 Å². The average molecular weight is 352 g/mol. The highest BCUT2D eigenvalue weighted by atomic mass is 16.3. The molecule has 1 saturated carbocycles. The summed E-state index contributed by atoms with van der Waals surface area (Å²) in [6, 6.07) is 7.69. The van der Waals surface area contributed by atoms with Gasteiger partial charge in [0.2, 0.25) is 0 Å². The van der Waals surface area contributed by atoms with E-state index < -0.39 is 6.10 Å². The fraction of sp³-hybridized carbons (Fsp3) is 0.450. The van der Waals surface area contributed by atoms with Crippen LogP contribution < -0.4 is 5.32 Å². The molecule has 26 heavy (non-hydrogen) atoms. The lowest BCUT2D eigenvalue weighted by Gasteiger charge is -2.35. The summed E-state index contributed by atoms with van der Waals surface area (Å²) >= 11 is 0. The summed E-state index contributed by atoms with van der Waals surface area (Å²) in [7, 11) is 0. The number of aryl methyl sites for hydroxylation is 1. The Labute approximate surface area is 153 Å². The maximum absolute atomic E-state index is 12.8. The van der Waals surface area contributed by atoms with Crippen molar-refractivity contribution in [1.82, 2.24) is 14.9 Å². The van der Waals surface area contributed by atoms with Crippen molar-refractivity contribution in [1.29, 1.82) is 0 Å². The molecule has 0 radical (unpaired) electrons. The van der Waals surface area contributed by atoms with Crippen LogP contribution in [0.2, 0.25) is 0 Å². The number of hydrogen-bond acceptors (Lipinski definition) is 5. The minimum atomic E-state index is -0.438. The van der Waals surface area contributed by atoms with Crippen molar-refractivity contribution in [3.8, 4) is 0 Å². The van der Waals surface area contributed by atoms with E-state index in [-0.39, 0.29) is 11.9 Å². The first-order valence-corrected chi connectivity index (χ1v) is 9.16. The summed E-state index contributed by atoms with van der Waals surface area (Å²) in [5, 5.41) is 13.8. The highest BCUT2D eigenvalue weighted by Crippen LogP contribution is 2.37. The third-order valence-electron chi connectivity index (χ3n) is 5.59. The maximum atomic E-state index is 12.8. The van der Waals surface area contributed by atoms with Crippen LogP contribution in [0.25, 0.3) is 0 Å². The van der Waals surface area contributed by atoms with Gasteiger partial charge in [0.1, 0.15) is 5.82 Å². The number of benzene rings is 1. The second-order valence-corrected chi connectivity index (χ2v) is 7.48. The number of aliphatic hydroxyl groups is 1. The van der Waals surface area contributed by atoms with Gasteiger partial charge in [-0.05, 0) is 43.7 Å². The third-order valence-corrected chi connectivity index (χ3v) is 5.59. The van der Waals surface area contributed by atoms with Gasteiger partial charge >= 0.3 is 0 Å². The zero-order chi connectivity index (χ0) is 18.1. The highest BCUT2D eigenvalue weighted by Gasteiger charge is 2.43. The van der Waals surface area contributed by atoms with E-state index in [1.165, 1.54) is 0 Å². The molecule has 1 aromatic heterocycles. The van der Waals surface area contributed by atoms with Gasteiger partial charge in [-0.1, -0.05) is 17.7 Å². The lowest BCUT2D eigenvalue weighted by atomic mass is 9.77. The van der Waals surface area contributed by atoms with Crippen LogP contribution >= 0.6 is 0 Å². The lowest BCUT2D eigenvalue weighted by molar-refractivity contribution is 0.0727. The number of nitrogens with zero attached hydrogens (tertiary/aromatic N) is 3. The third kappa shape index (κ3) is 3.42. The molecule has 1 aromatic carbocycles. The van der Waals surface area contributed by atoms with Crippen molar-refractivity contribution in [3.63, 3.8) is 0 Å². The Hall–Kier alpha value is -2.47. The topological polar surface area (TPSA) is 78.4 Å². The zero-order valence-corrected chi connectivity index (χ0v) is 14.9. The highest BCUT2D eigenvalue weighted by molar-refractivity contribution is 5.94. The maximum Gasteiger partial charge on any atom is 0.253 e. The minimum absolute atomic E-state index is 0.0537. The summed E-state index contributed by atoms with van der Waals surface area (Å²) in [4.78, 5) is 23.1. The molecule has 1 saturated heterocycles. The Morgan fingerprint density at radius 1 is 1.23 bits per heavy atom. The SMILES string of the molecule is Cc1cccc(C(=O)N2C[C@H]3C[C@@H](Nc4cnccn4)[C@H](O)C[C@H]3C2)c1. The summed E-state index contributed by atoms with van der Waals surface area (Å²) < 4.78 is 0. The molecule has 0 bridgehead atoms. The molecule has 136 valence electrons. The van der Waals surface area contributed by atoms with E-state index in [2.05, 4.69) is 15.3 Å². The van der Waals surface area contributed by atoms with Crippen LogP contribution in [0.3, 0.4) is 0 Å². The van der Waals surface area contributed by atoms with E-state index in [9.17, 15) is 9.90 Å². The second kappa shape index (κ2) is 7.03. The van der Waals surface area contributed by atoms with Crippen molar-refractivity contribution in [3.05, 3.63) is 54.0 Å². The van der Waals surface area contributed by atoms with Gasteiger partial charge < -0.3 is 15.3 Å². The molecular formula is C20H24N4O2. The summed E-state index contributed by atoms with van der Waals surface area (Å²) in [6.45, 7) is 3.48. The molecule has 2 aromatic rings. The number of likely N-dealkylation sites (tertiary alicyclic amines) is 1. The predicted octanol–water partition coefficient (Wildman–Crippen LogP) is 2.11. The predicted molar refractivity (Wildman–Crippen MR) is 98.7 cm³/mol. The number of rotatable bonds is 3. The molecule has 2 fully saturated rings. The zero-order valence-electron chi connectivity index (χ0n) is 14.9. The molecule has 1 aliphatic carbocycles. The Bertz CT molecular complexity index is 782. The summed E-state index contributed by atoms with van der Waals surface area (Å²) in [6.07, 6.45) is 6.04. The monoisotopic (exact) mass is 352 g/mol. The first kappa shape index (κ1) is 17.0. The Morgan fingerprint density at radius 2 is 2.04 bits per heavy atom. The lowest BCUT2D eigenvalue weighted by Crippen LogP contribution is -2.43. The van der Waals surface area contributed by atoms with Gasteiger partial charge in [0.25, 0.3) is 5.91 Å². The standard InChI is InChI=1S/C20H24N4O2/c1-13-3-2-4-14(7-13)20(26)24-11-15-8-17(18(25)9-16(15)12-24)23-19-10-21-5-6-22-19/h2-7,10,15-18,25H,8-9,11-12H2,1H3,(H,22,23)/t15-,16+,17-,18-/m1/s1. The van der Waals surface area contributed by atoms with Gasteiger partial charge in [0.05, 0.1) is 18.3 Å². The van der Waals surface area contributed by atoms with E-state index in [1.807, 2.05) is 36.1 Å². The fourth-order valence-electron chi connectivity index (χ4n) is 4.28. The van der Waals surface area contributed by atoms with E-state index in [1.54, 1.807) is 18.6 Å². The van der Waals surface area contributed by atoms with Crippen LogP contribution in [-0.2, 0) is 0 Å². The molecule has 2 aliphatic rings. The van der Waals surface area contributed by atoms with Crippen LogP contribution in [0.4, 0.5) is 5.82 Å². The number of hydrogen-bond donors (Lipinski definition) is 2. The number of aliphatic hydroxyl groups excluding tert-OH is 1. The normalized spacial score (nSPS) is 27.8. The minimum Gasteiger partial charge on any atom is -0.391 e. The van der Waals surface area contributed by atoms with Crippen molar-refractivity contribution >= 4 is 11.7 Å². The molecular weight excluding hydrogens is 328 g/mol. The first-order valence-electron chi connectivity index (χ1n) is 9.16. The molecule has 2 heterocycles. The number of amides is 1. The largest absolute Gasteiger partial charge is 0.391 e. The van der Waals surface area contributed by atoms with Crippen molar-refractivity contribution in [2.24, 2.45) is 11.8 Å². The van der Waals surface area contributed by atoms with Gasteiger partial charge in [-0.15, -0.1) is 0 Å². The van der Waals surface area contributed by atoms with Gasteiger partial charge in [0, 0.05) is 31.0 Å². The number of anilines is 1. The van der Waals surface area contributed by atoms with Crippen molar-refractivity contribution in [2.45, 2.75) is 31.9 Å². The number of carbonyl (C=O) groups is 1. The van der Waals surface area contributed by atoms with E-state index in [4.69, 9.17) is 0 Å². The van der Waals surface area contributed by atoms with E-state index in [0.717, 1.165) is 30.6 Å². The van der Waals surface area contributed by atoms with Crippen molar-refractivity contribution in [2.75, 3.05) is 18.4 Å². The molecule has 0 spiro atoms. The molecule has 6 heteroatoms. The van der Waals surface area contributed by atoms with Gasteiger partial charge in [-0.3, -0.25) is 9.78 Å². The van der Waals surface area contributed by atoms with Crippen LogP contribution in [-0.4, -0.2) is 51.1 Å². The van der Waals surface area contributed by atoms with E-state index in [0.29, 0.717) is 24.1 Å². The van der Waals surface area contributed by atoms with Crippen LogP contribution in [0.1, 0.15) is 28.8 Å². The summed E-state index contributed by atoms with van der Waals surface area (Å²) in [5.41, 5.74) is 1.84. The molecule has 1 aliphatic heterocycles. The van der Waals surface area contributed by atoms with Crippen molar-refractivity contribution < 1.29 is 9.90 Å². The van der Waals surface area contributed by atoms with Crippen LogP contribution in [0.5, 0.6) is 0 Å². The van der Waals surface area contributed by atoms with E-state index >= 15 is 0 Å². The smallest absolute Gasteiger partial charge is 0.253 e. The number of fused-ring (bicyclic) bond motifs is 1. The average Bonchev–Trinajstić information content (AvgIpc) is 3.05. The first-order chi connectivity index (χ1) is 12.6. The molecule has 4 rings (SSSR count). The fourth-order valence-corrected chi connectivity index (χ4v) is 4.28.